The lowest BCUT2D eigenvalue weighted by atomic mass is 9.85. The Morgan fingerprint density at radius 3 is 2.54 bits per heavy atom. The molecular formula is C19H20F3N3O. The van der Waals surface area contributed by atoms with Gasteiger partial charge in [0.25, 0.3) is 0 Å². The predicted octanol–water partition coefficient (Wildman–Crippen LogP) is 4.72. The molecule has 0 radical (unpaired) electrons. The van der Waals surface area contributed by atoms with Gasteiger partial charge >= 0.3 is 6.18 Å². The lowest BCUT2D eigenvalue weighted by Gasteiger charge is -2.21. The number of carbonyl (C=O) groups is 1. The topological polar surface area (TPSA) is 54.9 Å². The Kier molecular flexibility index (Phi) is 5.54. The van der Waals surface area contributed by atoms with Crippen molar-refractivity contribution in [3.8, 4) is 0 Å². The van der Waals surface area contributed by atoms with Crippen LogP contribution in [0.15, 0.2) is 36.5 Å². The van der Waals surface area contributed by atoms with E-state index in [2.05, 4.69) is 15.3 Å². The van der Waals surface area contributed by atoms with Crippen molar-refractivity contribution in [2.24, 2.45) is 0 Å². The van der Waals surface area contributed by atoms with Crippen LogP contribution >= 0.6 is 0 Å². The van der Waals surface area contributed by atoms with Crippen LogP contribution in [0.25, 0.3) is 0 Å². The third-order valence-electron chi connectivity index (χ3n) is 4.57. The van der Waals surface area contributed by atoms with E-state index >= 15 is 0 Å². The maximum Gasteiger partial charge on any atom is 0.433 e. The number of aromatic nitrogens is 2. The largest absolute Gasteiger partial charge is 0.433 e. The van der Waals surface area contributed by atoms with Gasteiger partial charge < -0.3 is 5.32 Å². The van der Waals surface area contributed by atoms with Crippen molar-refractivity contribution >= 4 is 11.7 Å². The molecule has 0 atom stereocenters. The first-order chi connectivity index (χ1) is 12.4. The molecule has 0 aromatic carbocycles. The molecule has 1 amide bonds. The number of nitrogens with one attached hydrogen (secondary N) is 1. The predicted molar refractivity (Wildman–Crippen MR) is 91.6 cm³/mol. The van der Waals surface area contributed by atoms with Gasteiger partial charge in [0.2, 0.25) is 5.91 Å². The highest BCUT2D eigenvalue weighted by Crippen LogP contribution is 2.32. The molecule has 0 spiro atoms. The summed E-state index contributed by atoms with van der Waals surface area (Å²) in [6.45, 7) is 0. The summed E-state index contributed by atoms with van der Waals surface area (Å²) in [7, 11) is 0. The molecule has 1 fully saturated rings. The fourth-order valence-corrected chi connectivity index (χ4v) is 3.24. The third kappa shape index (κ3) is 4.80. The quantitative estimate of drug-likeness (QED) is 0.855. The lowest BCUT2D eigenvalue weighted by molar-refractivity contribution is -0.141. The molecule has 26 heavy (non-hydrogen) atoms. The van der Waals surface area contributed by atoms with Gasteiger partial charge in [-0.1, -0.05) is 31.4 Å². The summed E-state index contributed by atoms with van der Waals surface area (Å²) in [6.07, 6.45) is 3.07. The monoisotopic (exact) mass is 363 g/mol. The van der Waals surface area contributed by atoms with E-state index in [9.17, 15) is 18.0 Å². The van der Waals surface area contributed by atoms with E-state index in [1.165, 1.54) is 37.0 Å². The number of carbonyl (C=O) groups excluding carboxylic acids is 1. The van der Waals surface area contributed by atoms with E-state index in [1.54, 1.807) is 12.3 Å². The van der Waals surface area contributed by atoms with Gasteiger partial charge in [0.15, 0.2) is 0 Å². The number of alkyl halides is 3. The van der Waals surface area contributed by atoms with Crippen molar-refractivity contribution in [2.45, 2.75) is 50.6 Å². The van der Waals surface area contributed by atoms with Crippen LogP contribution in [0.1, 0.15) is 55.0 Å². The molecule has 0 aliphatic heterocycles. The standard InChI is InChI=1S/C19H20F3N3O/c20-19(21,22)16-8-4-7-15(24-16)11-18(26)25-17-10-9-14(12-23-17)13-5-2-1-3-6-13/h4,7-10,12-13H,1-3,5-6,11H2,(H,23,25,26). The second kappa shape index (κ2) is 7.85. The third-order valence-corrected chi connectivity index (χ3v) is 4.57. The number of hydrogen-bond donors (Lipinski definition) is 1. The van der Waals surface area contributed by atoms with E-state index in [4.69, 9.17) is 0 Å². The maximum atomic E-state index is 12.7. The van der Waals surface area contributed by atoms with Gasteiger partial charge in [0.1, 0.15) is 11.5 Å². The van der Waals surface area contributed by atoms with Gasteiger partial charge in [-0.3, -0.25) is 4.79 Å². The second-order valence-corrected chi connectivity index (χ2v) is 6.55. The first-order valence-corrected chi connectivity index (χ1v) is 8.71. The fourth-order valence-electron chi connectivity index (χ4n) is 3.24. The van der Waals surface area contributed by atoms with Crippen LogP contribution in [-0.2, 0) is 17.4 Å². The van der Waals surface area contributed by atoms with Crippen LogP contribution < -0.4 is 5.32 Å². The van der Waals surface area contributed by atoms with Crippen molar-refractivity contribution in [1.82, 2.24) is 9.97 Å². The number of rotatable bonds is 4. The molecule has 0 unspecified atom stereocenters. The number of pyridine rings is 2. The van der Waals surface area contributed by atoms with Gasteiger partial charge in [-0.25, -0.2) is 9.97 Å². The molecule has 1 N–H and O–H groups in total. The molecule has 4 nitrogen and oxygen atoms in total. The molecule has 1 saturated carbocycles. The summed E-state index contributed by atoms with van der Waals surface area (Å²) in [6, 6.07) is 7.22. The van der Waals surface area contributed by atoms with E-state index in [-0.39, 0.29) is 12.1 Å². The van der Waals surface area contributed by atoms with E-state index < -0.39 is 17.8 Å². The highest BCUT2D eigenvalue weighted by Gasteiger charge is 2.32. The number of amides is 1. The van der Waals surface area contributed by atoms with Crippen LogP contribution in [0.4, 0.5) is 19.0 Å². The minimum atomic E-state index is -4.52. The van der Waals surface area contributed by atoms with Crippen molar-refractivity contribution < 1.29 is 18.0 Å². The average Bonchev–Trinajstić information content (AvgIpc) is 2.62. The minimum Gasteiger partial charge on any atom is -0.310 e. The van der Waals surface area contributed by atoms with E-state index in [0.717, 1.165) is 18.9 Å². The highest BCUT2D eigenvalue weighted by molar-refractivity contribution is 5.91. The van der Waals surface area contributed by atoms with Gasteiger partial charge in [0.05, 0.1) is 12.1 Å². The molecule has 0 saturated heterocycles. The Bertz CT molecular complexity index is 753. The zero-order chi connectivity index (χ0) is 18.6. The molecule has 3 rings (SSSR count). The van der Waals surface area contributed by atoms with E-state index in [0.29, 0.717) is 11.7 Å². The average molecular weight is 363 g/mol. The van der Waals surface area contributed by atoms with Crippen LogP contribution in [0, 0.1) is 0 Å². The molecule has 0 bridgehead atoms. The van der Waals surface area contributed by atoms with E-state index in [1.807, 2.05) is 6.07 Å². The molecule has 1 aliphatic carbocycles. The SMILES string of the molecule is O=C(Cc1cccc(C(F)(F)F)n1)Nc1ccc(C2CCCCC2)cn1. The molecule has 1 aliphatic rings. The summed E-state index contributed by atoms with van der Waals surface area (Å²) in [5.41, 5.74) is 0.233. The normalized spacial score (nSPS) is 15.7. The first kappa shape index (κ1) is 18.4. The Balaban J connectivity index is 1.59. The Morgan fingerprint density at radius 1 is 1.12 bits per heavy atom. The molecule has 2 heterocycles. The zero-order valence-corrected chi connectivity index (χ0v) is 14.2. The van der Waals surface area contributed by atoms with Crippen molar-refractivity contribution in [3.63, 3.8) is 0 Å². The van der Waals surface area contributed by atoms with Crippen LogP contribution in [0.2, 0.25) is 0 Å². The van der Waals surface area contributed by atoms with Crippen molar-refractivity contribution in [1.29, 1.82) is 0 Å². The Morgan fingerprint density at radius 2 is 1.88 bits per heavy atom. The summed E-state index contributed by atoms with van der Waals surface area (Å²) < 4.78 is 38.0. The van der Waals surface area contributed by atoms with Crippen LogP contribution in [-0.4, -0.2) is 15.9 Å². The Hall–Kier alpha value is -2.44. The number of hydrogen-bond acceptors (Lipinski definition) is 3. The molecular weight excluding hydrogens is 343 g/mol. The number of anilines is 1. The van der Waals surface area contributed by atoms with Gasteiger partial charge in [-0.2, -0.15) is 13.2 Å². The summed E-state index contributed by atoms with van der Waals surface area (Å²) in [5.74, 6) is 0.464. The van der Waals surface area contributed by atoms with Gasteiger partial charge in [-0.05, 0) is 42.5 Å². The molecule has 2 aromatic rings. The van der Waals surface area contributed by atoms with Crippen LogP contribution in [0.5, 0.6) is 0 Å². The molecule has 138 valence electrons. The molecule has 2 aromatic heterocycles. The fraction of sp³-hybridized carbons (Fsp3) is 0.421. The lowest BCUT2D eigenvalue weighted by Crippen LogP contribution is -2.17. The molecule has 7 heteroatoms. The highest BCUT2D eigenvalue weighted by atomic mass is 19.4. The first-order valence-electron chi connectivity index (χ1n) is 8.71. The van der Waals surface area contributed by atoms with Gasteiger partial charge in [0, 0.05) is 6.20 Å². The maximum absolute atomic E-state index is 12.7. The number of nitrogens with zero attached hydrogens (tertiary/aromatic N) is 2. The number of halogens is 3. The van der Waals surface area contributed by atoms with Crippen molar-refractivity contribution in [2.75, 3.05) is 5.32 Å². The smallest absolute Gasteiger partial charge is 0.310 e. The summed E-state index contributed by atoms with van der Waals surface area (Å²) >= 11 is 0. The minimum absolute atomic E-state index is 0.0659. The Labute approximate surface area is 149 Å². The summed E-state index contributed by atoms with van der Waals surface area (Å²) in [4.78, 5) is 19.8. The summed E-state index contributed by atoms with van der Waals surface area (Å²) in [5, 5.41) is 2.61. The second-order valence-electron chi connectivity index (χ2n) is 6.55. The van der Waals surface area contributed by atoms with Gasteiger partial charge in [-0.15, -0.1) is 0 Å². The van der Waals surface area contributed by atoms with Crippen LogP contribution in [0.3, 0.4) is 0 Å². The van der Waals surface area contributed by atoms with Crippen molar-refractivity contribution in [3.05, 3.63) is 53.5 Å². The zero-order valence-electron chi connectivity index (χ0n) is 14.2.